The zero-order chi connectivity index (χ0) is 11.8. The molecule has 2 atom stereocenters. The van der Waals surface area contributed by atoms with Crippen molar-refractivity contribution in [2.75, 3.05) is 20.1 Å². The van der Waals surface area contributed by atoms with Gasteiger partial charge in [-0.05, 0) is 27.3 Å². The highest BCUT2D eigenvalue weighted by Gasteiger charge is 2.12. The monoisotopic (exact) mass is 215 g/mol. The van der Waals surface area contributed by atoms with E-state index in [1.165, 1.54) is 0 Å². The molecule has 0 radical (unpaired) electrons. The molecule has 0 spiro atoms. The lowest BCUT2D eigenvalue weighted by Crippen LogP contribution is -2.44. The number of carbonyl (C=O) groups is 1. The van der Waals surface area contributed by atoms with Gasteiger partial charge in [0.1, 0.15) is 0 Å². The molecule has 1 amide bonds. The maximum atomic E-state index is 11.6. The molecule has 0 aromatic carbocycles. The second-order valence-corrected chi connectivity index (χ2v) is 4.26. The van der Waals surface area contributed by atoms with E-state index >= 15 is 0 Å². The van der Waals surface area contributed by atoms with Gasteiger partial charge in [-0.25, -0.2) is 0 Å². The van der Waals surface area contributed by atoms with E-state index in [1.54, 1.807) is 0 Å². The van der Waals surface area contributed by atoms with Crippen molar-refractivity contribution in [3.8, 4) is 0 Å². The second kappa shape index (κ2) is 7.65. The normalized spacial score (nSPS) is 15.1. The Balaban J connectivity index is 3.82. The molecule has 0 aromatic heterocycles. The van der Waals surface area contributed by atoms with Crippen LogP contribution >= 0.6 is 0 Å². The van der Waals surface area contributed by atoms with Crippen LogP contribution in [0.25, 0.3) is 0 Å². The van der Waals surface area contributed by atoms with Crippen molar-refractivity contribution in [1.29, 1.82) is 0 Å². The summed E-state index contributed by atoms with van der Waals surface area (Å²) < 4.78 is 0. The van der Waals surface area contributed by atoms with Gasteiger partial charge in [0.2, 0.25) is 5.91 Å². The van der Waals surface area contributed by atoms with Gasteiger partial charge in [-0.1, -0.05) is 13.3 Å². The molecule has 0 aliphatic rings. The van der Waals surface area contributed by atoms with E-state index in [4.69, 9.17) is 5.73 Å². The van der Waals surface area contributed by atoms with Gasteiger partial charge in [0.15, 0.2) is 0 Å². The lowest BCUT2D eigenvalue weighted by molar-refractivity contribution is -0.123. The molecule has 90 valence electrons. The highest BCUT2D eigenvalue weighted by atomic mass is 16.2. The van der Waals surface area contributed by atoms with E-state index in [0.717, 1.165) is 12.8 Å². The Bertz CT molecular complexity index is 185. The van der Waals surface area contributed by atoms with Crippen molar-refractivity contribution in [3.63, 3.8) is 0 Å². The Morgan fingerprint density at radius 3 is 2.53 bits per heavy atom. The molecular formula is C11H25N3O. The fourth-order valence-electron chi connectivity index (χ4n) is 1.39. The first-order valence-corrected chi connectivity index (χ1v) is 5.70. The van der Waals surface area contributed by atoms with Gasteiger partial charge < -0.3 is 11.1 Å². The van der Waals surface area contributed by atoms with Crippen LogP contribution in [0, 0.1) is 0 Å². The van der Waals surface area contributed by atoms with Crippen LogP contribution in [0.15, 0.2) is 0 Å². The maximum Gasteiger partial charge on any atom is 0.234 e. The Labute approximate surface area is 93.2 Å². The third-order valence-corrected chi connectivity index (χ3v) is 2.62. The van der Waals surface area contributed by atoms with E-state index in [9.17, 15) is 4.79 Å². The summed E-state index contributed by atoms with van der Waals surface area (Å²) in [6, 6.07) is 0.515. The minimum Gasteiger partial charge on any atom is -0.353 e. The van der Waals surface area contributed by atoms with Crippen molar-refractivity contribution in [2.24, 2.45) is 5.73 Å². The number of hydrogen-bond donors (Lipinski definition) is 2. The van der Waals surface area contributed by atoms with E-state index in [-0.39, 0.29) is 18.0 Å². The van der Waals surface area contributed by atoms with Gasteiger partial charge in [0, 0.05) is 18.6 Å². The van der Waals surface area contributed by atoms with Crippen molar-refractivity contribution >= 4 is 5.91 Å². The zero-order valence-corrected chi connectivity index (χ0v) is 10.4. The summed E-state index contributed by atoms with van der Waals surface area (Å²) in [5, 5.41) is 2.97. The molecule has 2 unspecified atom stereocenters. The number of carbonyl (C=O) groups excluding carboxylic acids is 1. The molecule has 0 aromatic rings. The fraction of sp³-hybridized carbons (Fsp3) is 0.909. The lowest BCUT2D eigenvalue weighted by atomic mass is 10.2. The second-order valence-electron chi connectivity index (χ2n) is 4.26. The SMILES string of the molecule is CCCC(C)NC(=O)CN(C)C(C)CN. The van der Waals surface area contributed by atoms with Crippen LogP contribution in [0.3, 0.4) is 0 Å². The van der Waals surface area contributed by atoms with Crippen molar-refractivity contribution in [1.82, 2.24) is 10.2 Å². The predicted molar refractivity (Wildman–Crippen MR) is 63.7 cm³/mol. The summed E-state index contributed by atoms with van der Waals surface area (Å²) in [5.41, 5.74) is 5.52. The first kappa shape index (κ1) is 14.4. The number of amides is 1. The zero-order valence-electron chi connectivity index (χ0n) is 10.4. The first-order valence-electron chi connectivity index (χ1n) is 5.70. The molecule has 4 nitrogen and oxygen atoms in total. The van der Waals surface area contributed by atoms with Gasteiger partial charge in [0.25, 0.3) is 0 Å². The van der Waals surface area contributed by atoms with E-state index in [0.29, 0.717) is 13.1 Å². The van der Waals surface area contributed by atoms with Crippen LogP contribution in [-0.2, 0) is 4.79 Å². The van der Waals surface area contributed by atoms with E-state index < -0.39 is 0 Å². The molecule has 0 heterocycles. The van der Waals surface area contributed by atoms with Gasteiger partial charge in [-0.2, -0.15) is 0 Å². The third-order valence-electron chi connectivity index (χ3n) is 2.62. The Kier molecular flexibility index (Phi) is 7.34. The van der Waals surface area contributed by atoms with Gasteiger partial charge >= 0.3 is 0 Å². The molecule has 0 fully saturated rings. The number of likely N-dealkylation sites (N-methyl/N-ethyl adjacent to an activating group) is 1. The molecule has 0 saturated heterocycles. The van der Waals surface area contributed by atoms with E-state index in [2.05, 4.69) is 12.2 Å². The molecule has 3 N–H and O–H groups in total. The van der Waals surface area contributed by atoms with Gasteiger partial charge in [-0.15, -0.1) is 0 Å². The van der Waals surface area contributed by atoms with Crippen LogP contribution in [0.4, 0.5) is 0 Å². The van der Waals surface area contributed by atoms with E-state index in [1.807, 2.05) is 25.8 Å². The number of rotatable bonds is 7. The van der Waals surface area contributed by atoms with Crippen LogP contribution in [0.5, 0.6) is 0 Å². The average molecular weight is 215 g/mol. The smallest absolute Gasteiger partial charge is 0.234 e. The van der Waals surface area contributed by atoms with Crippen LogP contribution in [0.2, 0.25) is 0 Å². The highest BCUT2D eigenvalue weighted by Crippen LogP contribution is 1.96. The first-order chi connectivity index (χ1) is 7.01. The highest BCUT2D eigenvalue weighted by molar-refractivity contribution is 5.78. The molecule has 0 aliphatic heterocycles. The number of hydrogen-bond acceptors (Lipinski definition) is 3. The molecule has 0 saturated carbocycles. The van der Waals surface area contributed by atoms with Gasteiger partial charge in [-0.3, -0.25) is 9.69 Å². The summed E-state index contributed by atoms with van der Waals surface area (Å²) in [5.74, 6) is 0.0822. The predicted octanol–water partition coefficient (Wildman–Crippen LogP) is 0.570. The Morgan fingerprint density at radius 2 is 2.07 bits per heavy atom. The van der Waals surface area contributed by atoms with Crippen molar-refractivity contribution in [3.05, 3.63) is 0 Å². The molecule has 0 rings (SSSR count). The van der Waals surface area contributed by atoms with Gasteiger partial charge in [0.05, 0.1) is 6.54 Å². The fourth-order valence-corrected chi connectivity index (χ4v) is 1.39. The maximum absolute atomic E-state index is 11.6. The Morgan fingerprint density at radius 1 is 1.47 bits per heavy atom. The lowest BCUT2D eigenvalue weighted by Gasteiger charge is -2.23. The molecule has 4 heteroatoms. The summed E-state index contributed by atoms with van der Waals surface area (Å²) in [4.78, 5) is 13.5. The topological polar surface area (TPSA) is 58.4 Å². The van der Waals surface area contributed by atoms with Crippen molar-refractivity contribution < 1.29 is 4.79 Å². The summed E-state index contributed by atoms with van der Waals surface area (Å²) in [6.45, 7) is 7.17. The minimum atomic E-state index is 0.0822. The minimum absolute atomic E-state index is 0.0822. The van der Waals surface area contributed by atoms with Crippen LogP contribution < -0.4 is 11.1 Å². The Hall–Kier alpha value is -0.610. The quantitative estimate of drug-likeness (QED) is 0.653. The van der Waals surface area contributed by atoms with Crippen LogP contribution in [0.1, 0.15) is 33.6 Å². The summed E-state index contributed by atoms with van der Waals surface area (Å²) >= 11 is 0. The molecule has 0 aliphatic carbocycles. The molecule has 15 heavy (non-hydrogen) atoms. The number of nitrogens with one attached hydrogen (secondary N) is 1. The summed E-state index contributed by atoms with van der Waals surface area (Å²) in [6.07, 6.45) is 2.12. The summed E-state index contributed by atoms with van der Waals surface area (Å²) in [7, 11) is 1.92. The van der Waals surface area contributed by atoms with Crippen molar-refractivity contribution in [2.45, 2.75) is 45.7 Å². The number of nitrogens with two attached hydrogens (primary N) is 1. The number of nitrogens with zero attached hydrogens (tertiary/aromatic N) is 1. The molecule has 0 bridgehead atoms. The average Bonchev–Trinajstić information content (AvgIpc) is 2.16. The van der Waals surface area contributed by atoms with Crippen LogP contribution in [-0.4, -0.2) is 43.0 Å². The standard InChI is InChI=1S/C11H25N3O/c1-5-6-9(2)13-11(15)8-14(4)10(3)7-12/h9-10H,5-8,12H2,1-4H3,(H,13,15). The largest absolute Gasteiger partial charge is 0.353 e. The third kappa shape index (κ3) is 6.47. The molecular weight excluding hydrogens is 190 g/mol.